The number of nitrogens with zero attached hydrogens (tertiary/aromatic N) is 4. The van der Waals surface area contributed by atoms with Gasteiger partial charge in [0.1, 0.15) is 6.04 Å². The molecule has 1 unspecified atom stereocenters. The Bertz CT molecular complexity index is 1320. The summed E-state index contributed by atoms with van der Waals surface area (Å²) in [5.41, 5.74) is 1.66. The number of anilines is 1. The molecular formula is C27H33N5O5. The van der Waals surface area contributed by atoms with Crippen molar-refractivity contribution in [3.05, 3.63) is 65.0 Å². The quantitative estimate of drug-likeness (QED) is 0.453. The van der Waals surface area contributed by atoms with E-state index in [1.165, 1.54) is 10.9 Å². The highest BCUT2D eigenvalue weighted by molar-refractivity contribution is 5.83. The minimum absolute atomic E-state index is 0.0971. The van der Waals surface area contributed by atoms with E-state index in [1.54, 1.807) is 36.7 Å². The minimum Gasteiger partial charge on any atom is -0.481 e. The number of pyridine rings is 1. The number of rotatable bonds is 9. The molecule has 1 amide bonds. The molecule has 3 heterocycles. The zero-order valence-electron chi connectivity index (χ0n) is 21.3. The molecule has 2 aromatic heterocycles. The van der Waals surface area contributed by atoms with Gasteiger partial charge >= 0.3 is 5.97 Å². The Balaban J connectivity index is 1.66. The van der Waals surface area contributed by atoms with E-state index in [9.17, 15) is 19.5 Å². The number of morpholine rings is 1. The standard InChI is InChI=1S/C27H33N5O5/c1-17(2)10-24(32-16-29-22-7-5-4-6-21(22)27(32)36)26(35)30-23(12-25(33)34)19-11-20(14-28-13-19)31-8-9-37-15-18(31)3/h4-7,11,13-14,16-18,23-24H,8-10,12,15H2,1-3H3,(H,30,35)(H,33,34)/t18-,23?,24-/m0/s1. The number of hydrogen-bond donors (Lipinski definition) is 2. The van der Waals surface area contributed by atoms with E-state index in [4.69, 9.17) is 4.74 Å². The molecule has 0 aliphatic carbocycles. The fraction of sp³-hybridized carbons (Fsp3) is 0.444. The van der Waals surface area contributed by atoms with Crippen LogP contribution in [0.5, 0.6) is 0 Å². The van der Waals surface area contributed by atoms with Gasteiger partial charge in [-0.25, -0.2) is 4.98 Å². The highest BCUT2D eigenvalue weighted by atomic mass is 16.5. The number of aliphatic carboxylic acids is 1. The number of nitrogens with one attached hydrogen (secondary N) is 1. The van der Waals surface area contributed by atoms with Crippen LogP contribution in [0, 0.1) is 5.92 Å². The highest BCUT2D eigenvalue weighted by Gasteiger charge is 2.28. The second-order valence-corrected chi connectivity index (χ2v) is 9.87. The van der Waals surface area contributed by atoms with Crippen LogP contribution in [0.4, 0.5) is 5.69 Å². The molecule has 3 aromatic rings. The van der Waals surface area contributed by atoms with Gasteiger partial charge in [-0.15, -0.1) is 0 Å². The summed E-state index contributed by atoms with van der Waals surface area (Å²) in [5, 5.41) is 12.9. The molecule has 1 aliphatic rings. The number of ether oxygens (including phenoxy) is 1. The van der Waals surface area contributed by atoms with Crippen LogP contribution in [-0.4, -0.2) is 57.3 Å². The summed E-state index contributed by atoms with van der Waals surface area (Å²) in [7, 11) is 0. The number of carbonyl (C=O) groups is 2. The summed E-state index contributed by atoms with van der Waals surface area (Å²) < 4.78 is 6.87. The first-order valence-corrected chi connectivity index (χ1v) is 12.5. The first kappa shape index (κ1) is 26.3. The maximum absolute atomic E-state index is 13.6. The zero-order valence-corrected chi connectivity index (χ0v) is 21.3. The van der Waals surface area contributed by atoms with Crippen molar-refractivity contribution in [2.45, 2.75) is 51.7 Å². The number of aromatic nitrogens is 3. The van der Waals surface area contributed by atoms with Gasteiger partial charge in [-0.3, -0.25) is 23.9 Å². The van der Waals surface area contributed by atoms with E-state index in [1.807, 2.05) is 26.8 Å². The number of benzene rings is 1. The number of carbonyl (C=O) groups excluding carboxylic acids is 1. The topological polar surface area (TPSA) is 127 Å². The molecule has 0 bridgehead atoms. The Kier molecular flexibility index (Phi) is 8.17. The SMILES string of the molecule is CC(C)C[C@@H](C(=O)NC(CC(=O)O)c1cncc(N2CCOC[C@@H]2C)c1)n1cnc2ccccc2c1=O. The fourth-order valence-electron chi connectivity index (χ4n) is 4.70. The molecule has 0 spiro atoms. The largest absolute Gasteiger partial charge is 0.481 e. The minimum atomic E-state index is -1.06. The predicted octanol–water partition coefficient (Wildman–Crippen LogP) is 2.94. The predicted molar refractivity (Wildman–Crippen MR) is 139 cm³/mol. The van der Waals surface area contributed by atoms with E-state index in [-0.39, 0.29) is 23.9 Å². The number of para-hydroxylation sites is 1. The molecule has 196 valence electrons. The van der Waals surface area contributed by atoms with Gasteiger partial charge in [0, 0.05) is 18.8 Å². The Morgan fingerprint density at radius 3 is 2.76 bits per heavy atom. The van der Waals surface area contributed by atoms with Gasteiger partial charge in [0.05, 0.1) is 54.8 Å². The number of fused-ring (bicyclic) bond motifs is 1. The van der Waals surface area contributed by atoms with Gasteiger partial charge in [0.25, 0.3) is 5.56 Å². The van der Waals surface area contributed by atoms with E-state index in [2.05, 4.69) is 20.2 Å². The lowest BCUT2D eigenvalue weighted by Gasteiger charge is -2.35. The average Bonchev–Trinajstić information content (AvgIpc) is 2.87. The van der Waals surface area contributed by atoms with Crippen molar-refractivity contribution in [3.63, 3.8) is 0 Å². The normalized spacial score (nSPS) is 17.5. The van der Waals surface area contributed by atoms with Crippen molar-refractivity contribution in [1.82, 2.24) is 19.9 Å². The fourth-order valence-corrected chi connectivity index (χ4v) is 4.70. The Morgan fingerprint density at radius 2 is 2.03 bits per heavy atom. The highest BCUT2D eigenvalue weighted by Crippen LogP contribution is 2.26. The number of hydrogen-bond acceptors (Lipinski definition) is 7. The van der Waals surface area contributed by atoms with Gasteiger partial charge in [-0.1, -0.05) is 26.0 Å². The maximum atomic E-state index is 13.6. The zero-order chi connectivity index (χ0) is 26.5. The van der Waals surface area contributed by atoms with Crippen molar-refractivity contribution in [2.24, 2.45) is 5.92 Å². The number of amides is 1. The van der Waals surface area contributed by atoms with Crippen LogP contribution < -0.4 is 15.8 Å². The molecule has 37 heavy (non-hydrogen) atoms. The van der Waals surface area contributed by atoms with Crippen LogP contribution in [0.1, 0.15) is 51.3 Å². The second-order valence-electron chi connectivity index (χ2n) is 9.87. The third-order valence-corrected chi connectivity index (χ3v) is 6.57. The lowest BCUT2D eigenvalue weighted by atomic mass is 10.00. The van der Waals surface area contributed by atoms with Crippen molar-refractivity contribution >= 4 is 28.5 Å². The first-order chi connectivity index (χ1) is 17.7. The smallest absolute Gasteiger partial charge is 0.305 e. The molecule has 2 N–H and O–H groups in total. The van der Waals surface area contributed by atoms with E-state index in [0.29, 0.717) is 42.6 Å². The van der Waals surface area contributed by atoms with Crippen LogP contribution >= 0.6 is 0 Å². The van der Waals surface area contributed by atoms with Gasteiger partial charge in [-0.2, -0.15) is 0 Å². The summed E-state index contributed by atoms with van der Waals surface area (Å²) >= 11 is 0. The molecule has 1 saturated heterocycles. The summed E-state index contributed by atoms with van der Waals surface area (Å²) in [4.78, 5) is 49.5. The first-order valence-electron chi connectivity index (χ1n) is 12.5. The van der Waals surface area contributed by atoms with Crippen LogP contribution in [0.2, 0.25) is 0 Å². The second kappa shape index (κ2) is 11.5. The molecule has 0 saturated carbocycles. The van der Waals surface area contributed by atoms with Crippen molar-refractivity contribution in [1.29, 1.82) is 0 Å². The molecule has 0 radical (unpaired) electrons. The third-order valence-electron chi connectivity index (χ3n) is 6.57. The Morgan fingerprint density at radius 1 is 1.24 bits per heavy atom. The molecule has 1 fully saturated rings. The molecule has 1 aliphatic heterocycles. The van der Waals surface area contributed by atoms with Crippen LogP contribution in [0.25, 0.3) is 10.9 Å². The van der Waals surface area contributed by atoms with E-state index in [0.717, 1.165) is 5.69 Å². The van der Waals surface area contributed by atoms with Crippen molar-refractivity contribution in [2.75, 3.05) is 24.7 Å². The van der Waals surface area contributed by atoms with Crippen LogP contribution in [0.3, 0.4) is 0 Å². The van der Waals surface area contributed by atoms with Gasteiger partial charge in [0.2, 0.25) is 5.91 Å². The van der Waals surface area contributed by atoms with E-state index < -0.39 is 24.0 Å². The average molecular weight is 508 g/mol. The summed E-state index contributed by atoms with van der Waals surface area (Å²) in [5.74, 6) is -1.40. The molecule has 3 atom stereocenters. The molecule has 10 nitrogen and oxygen atoms in total. The summed E-state index contributed by atoms with van der Waals surface area (Å²) in [6, 6.07) is 7.31. The van der Waals surface area contributed by atoms with Gasteiger partial charge in [-0.05, 0) is 43.0 Å². The summed E-state index contributed by atoms with van der Waals surface area (Å²) in [6.45, 7) is 7.85. The van der Waals surface area contributed by atoms with Gasteiger partial charge in [0.15, 0.2) is 0 Å². The van der Waals surface area contributed by atoms with Crippen molar-refractivity contribution in [3.8, 4) is 0 Å². The lowest BCUT2D eigenvalue weighted by molar-refractivity contribution is -0.138. The Labute approximate surface area is 215 Å². The van der Waals surface area contributed by atoms with Gasteiger partial charge < -0.3 is 20.1 Å². The molecule has 4 rings (SSSR count). The number of carboxylic acids is 1. The lowest BCUT2D eigenvalue weighted by Crippen LogP contribution is -2.44. The van der Waals surface area contributed by atoms with Crippen LogP contribution in [-0.2, 0) is 14.3 Å². The molecule has 1 aromatic carbocycles. The molecule has 10 heteroatoms. The van der Waals surface area contributed by atoms with E-state index >= 15 is 0 Å². The monoisotopic (exact) mass is 507 g/mol. The third kappa shape index (κ3) is 6.14. The van der Waals surface area contributed by atoms with Crippen LogP contribution in [0.15, 0.2) is 53.8 Å². The molecular weight excluding hydrogens is 474 g/mol. The Hall–Kier alpha value is -3.79. The van der Waals surface area contributed by atoms with Crippen molar-refractivity contribution < 1.29 is 19.4 Å². The maximum Gasteiger partial charge on any atom is 0.305 e. The number of carboxylic acid groups (broad SMARTS) is 1. The summed E-state index contributed by atoms with van der Waals surface area (Å²) in [6.07, 6.45) is 4.76.